The van der Waals surface area contributed by atoms with E-state index in [1.54, 1.807) is 12.1 Å². The van der Waals surface area contributed by atoms with Gasteiger partial charge in [0.2, 0.25) is 0 Å². The van der Waals surface area contributed by atoms with E-state index in [-0.39, 0.29) is 16.8 Å². The summed E-state index contributed by atoms with van der Waals surface area (Å²) >= 11 is 0. The van der Waals surface area contributed by atoms with E-state index in [2.05, 4.69) is 11.9 Å². The molecule has 0 aromatic heterocycles. The Morgan fingerprint density at radius 1 is 1.25 bits per heavy atom. The van der Waals surface area contributed by atoms with E-state index in [1.807, 2.05) is 12.1 Å². The molecule has 1 saturated carbocycles. The number of rotatable bonds is 2. The first-order chi connectivity index (χ1) is 9.66. The molecule has 5 nitrogen and oxygen atoms in total. The number of nitro groups is 1. The molecule has 3 atom stereocenters. The van der Waals surface area contributed by atoms with E-state index in [4.69, 9.17) is 4.74 Å². The van der Waals surface area contributed by atoms with Crippen molar-refractivity contribution in [2.45, 2.75) is 38.0 Å². The molecule has 0 N–H and O–H groups in total. The predicted molar refractivity (Wildman–Crippen MR) is 75.3 cm³/mol. The van der Waals surface area contributed by atoms with Gasteiger partial charge in [0.15, 0.2) is 0 Å². The third kappa shape index (κ3) is 2.43. The highest BCUT2D eigenvalue weighted by Crippen LogP contribution is 2.38. The van der Waals surface area contributed by atoms with Gasteiger partial charge in [-0.2, -0.15) is 0 Å². The molecule has 2 fully saturated rings. The van der Waals surface area contributed by atoms with Crippen LogP contribution in [-0.4, -0.2) is 29.5 Å². The first-order valence-corrected chi connectivity index (χ1v) is 7.24. The highest BCUT2D eigenvalue weighted by molar-refractivity contribution is 5.33. The van der Waals surface area contributed by atoms with Crippen molar-refractivity contribution in [3.63, 3.8) is 0 Å². The summed E-state index contributed by atoms with van der Waals surface area (Å²) in [6.45, 7) is 0.802. The Morgan fingerprint density at radius 2 is 1.95 bits per heavy atom. The molecule has 1 aromatic rings. The second-order valence-electron chi connectivity index (χ2n) is 5.81. The number of nitro benzene ring substituents is 1. The Hall–Kier alpha value is -1.46. The van der Waals surface area contributed by atoms with Crippen molar-refractivity contribution >= 4 is 5.69 Å². The fourth-order valence-electron chi connectivity index (χ4n) is 3.52. The summed E-state index contributed by atoms with van der Waals surface area (Å²) in [6, 6.07) is 7.31. The number of fused-ring (bicyclic) bond motifs is 1. The summed E-state index contributed by atoms with van der Waals surface area (Å²) in [5, 5.41) is 10.7. The third-order valence-corrected chi connectivity index (χ3v) is 4.62. The fourth-order valence-corrected chi connectivity index (χ4v) is 3.52. The molecule has 3 rings (SSSR count). The van der Waals surface area contributed by atoms with Crippen LogP contribution in [0.5, 0.6) is 0 Å². The average Bonchev–Trinajstić information content (AvgIpc) is 2.48. The van der Waals surface area contributed by atoms with Gasteiger partial charge in [-0.3, -0.25) is 15.0 Å². The molecule has 20 heavy (non-hydrogen) atoms. The number of nitrogens with zero attached hydrogens (tertiary/aromatic N) is 2. The Labute approximate surface area is 118 Å². The van der Waals surface area contributed by atoms with Crippen LogP contribution in [0.2, 0.25) is 0 Å². The van der Waals surface area contributed by atoms with E-state index in [0.29, 0.717) is 12.0 Å². The van der Waals surface area contributed by atoms with Crippen molar-refractivity contribution in [3.05, 3.63) is 39.9 Å². The smallest absolute Gasteiger partial charge is 0.269 e. The number of ether oxygens (including phenoxy) is 1. The van der Waals surface area contributed by atoms with Gasteiger partial charge in [0, 0.05) is 18.2 Å². The third-order valence-electron chi connectivity index (χ3n) is 4.62. The van der Waals surface area contributed by atoms with Crippen LogP contribution in [-0.2, 0) is 4.74 Å². The van der Waals surface area contributed by atoms with Gasteiger partial charge in [-0.25, -0.2) is 0 Å². The lowest BCUT2D eigenvalue weighted by molar-refractivity contribution is -0.384. The molecule has 1 heterocycles. The van der Waals surface area contributed by atoms with Crippen molar-refractivity contribution < 1.29 is 9.66 Å². The lowest BCUT2D eigenvalue weighted by Gasteiger charge is -2.46. The standard InChI is InChI=1S/C15H20N2O3/c1-16-14-5-3-2-4-12(14)10-20-15(16)11-6-8-13(9-7-11)17(18)19/h6-9,12,14-15H,2-5,10H2,1H3/t12-,14-,15-/m1/s1. The summed E-state index contributed by atoms with van der Waals surface area (Å²) in [4.78, 5) is 12.6. The van der Waals surface area contributed by atoms with Gasteiger partial charge in [-0.05, 0) is 43.5 Å². The van der Waals surface area contributed by atoms with Crippen LogP contribution < -0.4 is 0 Å². The zero-order chi connectivity index (χ0) is 14.1. The maximum atomic E-state index is 10.7. The van der Waals surface area contributed by atoms with E-state index in [0.717, 1.165) is 12.2 Å². The molecule has 1 aliphatic heterocycles. The van der Waals surface area contributed by atoms with Gasteiger partial charge in [-0.15, -0.1) is 0 Å². The number of non-ortho nitro benzene ring substituents is 1. The van der Waals surface area contributed by atoms with Gasteiger partial charge in [0.1, 0.15) is 6.23 Å². The minimum absolute atomic E-state index is 0.0739. The van der Waals surface area contributed by atoms with E-state index in [1.165, 1.54) is 25.7 Å². The molecule has 0 bridgehead atoms. The highest BCUT2D eigenvalue weighted by atomic mass is 16.6. The molecule has 1 saturated heterocycles. The lowest BCUT2D eigenvalue weighted by Crippen LogP contribution is -2.49. The molecule has 2 aliphatic rings. The highest BCUT2D eigenvalue weighted by Gasteiger charge is 2.37. The SMILES string of the molecule is CN1[C@@H](c2ccc([N+](=O)[O-])cc2)OC[C@H]2CCCC[C@H]21. The van der Waals surface area contributed by atoms with Crippen LogP contribution in [0.4, 0.5) is 5.69 Å². The topological polar surface area (TPSA) is 55.6 Å². The minimum Gasteiger partial charge on any atom is -0.358 e. The van der Waals surface area contributed by atoms with Crippen LogP contribution in [0.3, 0.4) is 0 Å². The van der Waals surface area contributed by atoms with E-state index >= 15 is 0 Å². The molecule has 0 spiro atoms. The predicted octanol–water partition coefficient (Wildman–Crippen LogP) is 3.11. The second-order valence-corrected chi connectivity index (χ2v) is 5.81. The monoisotopic (exact) mass is 276 g/mol. The largest absolute Gasteiger partial charge is 0.358 e. The van der Waals surface area contributed by atoms with Gasteiger partial charge >= 0.3 is 0 Å². The van der Waals surface area contributed by atoms with Gasteiger partial charge in [0.25, 0.3) is 5.69 Å². The van der Waals surface area contributed by atoms with Crippen LogP contribution in [0.1, 0.15) is 37.5 Å². The first-order valence-electron chi connectivity index (χ1n) is 7.24. The zero-order valence-corrected chi connectivity index (χ0v) is 11.7. The fraction of sp³-hybridized carbons (Fsp3) is 0.600. The van der Waals surface area contributed by atoms with Crippen molar-refractivity contribution in [3.8, 4) is 0 Å². The van der Waals surface area contributed by atoms with E-state index in [9.17, 15) is 10.1 Å². The quantitative estimate of drug-likeness (QED) is 0.615. The first kappa shape index (κ1) is 13.5. The summed E-state index contributed by atoms with van der Waals surface area (Å²) in [6.07, 6.45) is 5.00. The molecule has 1 aromatic carbocycles. The molecule has 5 heteroatoms. The Bertz CT molecular complexity index is 488. The molecule has 0 unspecified atom stereocenters. The molecule has 0 amide bonds. The van der Waals surface area contributed by atoms with Crippen molar-refractivity contribution in [2.24, 2.45) is 5.92 Å². The summed E-state index contributed by atoms with van der Waals surface area (Å²) in [7, 11) is 2.11. The summed E-state index contributed by atoms with van der Waals surface area (Å²) in [5.74, 6) is 0.642. The minimum atomic E-state index is -0.369. The van der Waals surface area contributed by atoms with Crippen molar-refractivity contribution in [2.75, 3.05) is 13.7 Å². The van der Waals surface area contributed by atoms with Gasteiger partial charge in [-0.1, -0.05) is 12.8 Å². The number of hydrogen-bond acceptors (Lipinski definition) is 4. The molecule has 108 valence electrons. The van der Waals surface area contributed by atoms with Crippen LogP contribution in [0, 0.1) is 16.0 Å². The zero-order valence-electron chi connectivity index (χ0n) is 11.7. The van der Waals surface area contributed by atoms with Gasteiger partial charge in [0.05, 0.1) is 11.5 Å². The Kier molecular flexibility index (Phi) is 3.72. The Balaban J connectivity index is 1.78. The maximum Gasteiger partial charge on any atom is 0.269 e. The van der Waals surface area contributed by atoms with Crippen molar-refractivity contribution in [1.82, 2.24) is 4.90 Å². The number of benzene rings is 1. The van der Waals surface area contributed by atoms with E-state index < -0.39 is 0 Å². The number of hydrogen-bond donors (Lipinski definition) is 0. The van der Waals surface area contributed by atoms with Crippen LogP contribution in [0.15, 0.2) is 24.3 Å². The molecular formula is C15H20N2O3. The summed E-state index contributed by atoms with van der Waals surface area (Å²) < 4.78 is 6.00. The summed E-state index contributed by atoms with van der Waals surface area (Å²) in [5.41, 5.74) is 1.13. The average molecular weight is 276 g/mol. The molecule has 0 radical (unpaired) electrons. The lowest BCUT2D eigenvalue weighted by atomic mass is 9.83. The van der Waals surface area contributed by atoms with Crippen LogP contribution >= 0.6 is 0 Å². The van der Waals surface area contributed by atoms with Gasteiger partial charge < -0.3 is 4.74 Å². The molecule has 1 aliphatic carbocycles. The second kappa shape index (κ2) is 5.50. The normalized spacial score (nSPS) is 30.8. The van der Waals surface area contributed by atoms with Crippen LogP contribution in [0.25, 0.3) is 0 Å². The maximum absolute atomic E-state index is 10.7. The van der Waals surface area contributed by atoms with Crippen molar-refractivity contribution in [1.29, 1.82) is 0 Å². The Morgan fingerprint density at radius 3 is 2.65 bits per heavy atom. The molecular weight excluding hydrogens is 256 g/mol.